The van der Waals surface area contributed by atoms with Crippen molar-refractivity contribution in [1.29, 1.82) is 0 Å². The number of hydrogen-bond acceptors (Lipinski definition) is 4. The molecule has 0 aliphatic carbocycles. The van der Waals surface area contributed by atoms with Crippen LogP contribution in [-0.2, 0) is 9.53 Å². The molecule has 17 heavy (non-hydrogen) atoms. The molecule has 2 amide bonds. The number of ether oxygens (including phenoxy) is 1. The first-order valence-corrected chi connectivity index (χ1v) is 7.00. The van der Waals surface area contributed by atoms with E-state index in [2.05, 4.69) is 5.32 Å². The lowest BCUT2D eigenvalue weighted by Gasteiger charge is -2.14. The Morgan fingerprint density at radius 2 is 2.47 bits per heavy atom. The normalized spacial score (nSPS) is 24.4. The molecule has 2 aliphatic heterocycles. The molecule has 0 bridgehead atoms. The van der Waals surface area contributed by atoms with Crippen LogP contribution in [0.3, 0.4) is 0 Å². The summed E-state index contributed by atoms with van der Waals surface area (Å²) in [6, 6.07) is 0. The van der Waals surface area contributed by atoms with Gasteiger partial charge in [0.05, 0.1) is 6.61 Å². The van der Waals surface area contributed by atoms with E-state index < -0.39 is 0 Å². The van der Waals surface area contributed by atoms with Gasteiger partial charge in [-0.3, -0.25) is 9.59 Å². The SMILES string of the molecule is O=C(CCN1CCSC1=O)NC[C@@H]1CCOC1. The molecule has 0 saturated carbocycles. The Kier molecular flexibility index (Phi) is 4.67. The molecule has 2 fully saturated rings. The molecule has 5 nitrogen and oxygen atoms in total. The number of amides is 2. The Morgan fingerprint density at radius 3 is 3.12 bits per heavy atom. The average Bonchev–Trinajstić information content (AvgIpc) is 2.95. The first kappa shape index (κ1) is 12.7. The molecule has 0 aromatic rings. The summed E-state index contributed by atoms with van der Waals surface area (Å²) in [5.41, 5.74) is 0. The molecule has 2 aliphatic rings. The van der Waals surface area contributed by atoms with E-state index in [9.17, 15) is 9.59 Å². The predicted octanol–water partition coefficient (Wildman–Crippen LogP) is 0.698. The van der Waals surface area contributed by atoms with Crippen molar-refractivity contribution in [1.82, 2.24) is 10.2 Å². The van der Waals surface area contributed by atoms with E-state index in [-0.39, 0.29) is 11.1 Å². The zero-order chi connectivity index (χ0) is 12.1. The fourth-order valence-corrected chi connectivity index (χ4v) is 2.81. The third-order valence-corrected chi connectivity index (χ3v) is 3.96. The van der Waals surface area contributed by atoms with Crippen molar-refractivity contribution in [2.24, 2.45) is 5.92 Å². The molecule has 1 atom stereocenters. The molecule has 0 aromatic carbocycles. The summed E-state index contributed by atoms with van der Waals surface area (Å²) in [5.74, 6) is 1.34. The molecule has 2 rings (SSSR count). The predicted molar refractivity (Wildman–Crippen MR) is 66.0 cm³/mol. The maximum absolute atomic E-state index is 11.6. The molecular weight excluding hydrogens is 240 g/mol. The summed E-state index contributed by atoms with van der Waals surface area (Å²) in [6.45, 7) is 3.56. The number of carbonyl (C=O) groups is 2. The van der Waals surface area contributed by atoms with Gasteiger partial charge in [0.1, 0.15) is 0 Å². The Bertz CT molecular complexity index is 292. The molecule has 0 radical (unpaired) electrons. The number of nitrogens with zero attached hydrogens (tertiary/aromatic N) is 1. The molecule has 0 spiro atoms. The highest BCUT2D eigenvalue weighted by Gasteiger charge is 2.21. The number of hydrogen-bond donors (Lipinski definition) is 1. The van der Waals surface area contributed by atoms with E-state index in [0.29, 0.717) is 25.4 Å². The molecule has 6 heteroatoms. The lowest BCUT2D eigenvalue weighted by atomic mass is 10.1. The summed E-state index contributed by atoms with van der Waals surface area (Å²) in [6.07, 6.45) is 1.43. The van der Waals surface area contributed by atoms with Gasteiger partial charge in [-0.25, -0.2) is 0 Å². The molecule has 2 heterocycles. The number of nitrogens with one attached hydrogen (secondary N) is 1. The van der Waals surface area contributed by atoms with Crippen LogP contribution in [0.15, 0.2) is 0 Å². The van der Waals surface area contributed by atoms with Gasteiger partial charge in [-0.2, -0.15) is 0 Å². The van der Waals surface area contributed by atoms with Crippen LogP contribution < -0.4 is 5.32 Å². The molecule has 1 N–H and O–H groups in total. The zero-order valence-corrected chi connectivity index (χ0v) is 10.6. The molecule has 96 valence electrons. The van der Waals surface area contributed by atoms with E-state index in [1.165, 1.54) is 11.8 Å². The fourth-order valence-electron chi connectivity index (χ4n) is 1.96. The lowest BCUT2D eigenvalue weighted by Crippen LogP contribution is -2.33. The van der Waals surface area contributed by atoms with Gasteiger partial charge >= 0.3 is 0 Å². The maximum Gasteiger partial charge on any atom is 0.281 e. The van der Waals surface area contributed by atoms with Gasteiger partial charge in [-0.1, -0.05) is 11.8 Å². The van der Waals surface area contributed by atoms with Gasteiger partial charge in [-0.05, 0) is 6.42 Å². The standard InChI is InChI=1S/C11H18N2O3S/c14-10(12-7-9-2-5-16-8-9)1-3-13-4-6-17-11(13)15/h9H,1-8H2,(H,12,14)/t9-/m0/s1. The van der Waals surface area contributed by atoms with Crippen molar-refractivity contribution in [3.8, 4) is 0 Å². The van der Waals surface area contributed by atoms with Crippen LogP contribution in [0.1, 0.15) is 12.8 Å². The largest absolute Gasteiger partial charge is 0.381 e. The second-order valence-electron chi connectivity index (χ2n) is 4.39. The van der Waals surface area contributed by atoms with Gasteiger partial charge in [0.2, 0.25) is 5.91 Å². The molecule has 2 saturated heterocycles. The third-order valence-electron chi connectivity index (χ3n) is 3.07. The Labute approximate surface area is 105 Å². The summed E-state index contributed by atoms with van der Waals surface area (Å²) >= 11 is 1.33. The topological polar surface area (TPSA) is 58.6 Å². The average molecular weight is 258 g/mol. The first-order chi connectivity index (χ1) is 8.25. The number of carbonyl (C=O) groups excluding carboxylic acids is 2. The first-order valence-electron chi connectivity index (χ1n) is 6.02. The molecule has 0 unspecified atom stereocenters. The van der Waals surface area contributed by atoms with Crippen LogP contribution in [-0.4, -0.2) is 54.6 Å². The summed E-state index contributed by atoms with van der Waals surface area (Å²) in [5, 5.41) is 3.00. The van der Waals surface area contributed by atoms with E-state index in [0.717, 1.165) is 31.9 Å². The number of rotatable bonds is 5. The van der Waals surface area contributed by atoms with Crippen molar-refractivity contribution in [3.05, 3.63) is 0 Å². The van der Waals surface area contributed by atoms with E-state index in [4.69, 9.17) is 4.74 Å². The van der Waals surface area contributed by atoms with Crippen LogP contribution in [0.4, 0.5) is 4.79 Å². The minimum absolute atomic E-state index is 0.0293. The minimum Gasteiger partial charge on any atom is -0.381 e. The highest BCUT2D eigenvalue weighted by Crippen LogP contribution is 2.17. The van der Waals surface area contributed by atoms with Gasteiger partial charge in [0.15, 0.2) is 0 Å². The molecular formula is C11H18N2O3S. The van der Waals surface area contributed by atoms with E-state index >= 15 is 0 Å². The van der Waals surface area contributed by atoms with Gasteiger partial charge in [0.25, 0.3) is 5.24 Å². The van der Waals surface area contributed by atoms with Gasteiger partial charge < -0.3 is 15.0 Å². The highest BCUT2D eigenvalue weighted by molar-refractivity contribution is 8.13. The second kappa shape index (κ2) is 6.26. The maximum atomic E-state index is 11.6. The van der Waals surface area contributed by atoms with Crippen LogP contribution >= 0.6 is 11.8 Å². The minimum atomic E-state index is 0.0293. The summed E-state index contributed by atoms with van der Waals surface area (Å²) in [4.78, 5) is 24.6. The van der Waals surface area contributed by atoms with Crippen LogP contribution in [0.25, 0.3) is 0 Å². The third kappa shape index (κ3) is 3.89. The smallest absolute Gasteiger partial charge is 0.281 e. The van der Waals surface area contributed by atoms with Crippen molar-refractivity contribution in [3.63, 3.8) is 0 Å². The summed E-state index contributed by atoms with van der Waals surface area (Å²) in [7, 11) is 0. The Hall–Kier alpha value is -0.750. The fraction of sp³-hybridized carbons (Fsp3) is 0.818. The van der Waals surface area contributed by atoms with E-state index in [1.807, 2.05) is 0 Å². The highest BCUT2D eigenvalue weighted by atomic mass is 32.2. The Morgan fingerprint density at radius 1 is 1.59 bits per heavy atom. The van der Waals surface area contributed by atoms with Crippen LogP contribution in [0, 0.1) is 5.92 Å². The monoisotopic (exact) mass is 258 g/mol. The van der Waals surface area contributed by atoms with Crippen molar-refractivity contribution in [2.45, 2.75) is 12.8 Å². The van der Waals surface area contributed by atoms with Gasteiger partial charge in [0, 0.05) is 44.3 Å². The zero-order valence-electron chi connectivity index (χ0n) is 9.81. The second-order valence-corrected chi connectivity index (χ2v) is 5.43. The van der Waals surface area contributed by atoms with Crippen molar-refractivity contribution < 1.29 is 14.3 Å². The lowest BCUT2D eigenvalue weighted by molar-refractivity contribution is -0.121. The van der Waals surface area contributed by atoms with Crippen LogP contribution in [0.5, 0.6) is 0 Å². The van der Waals surface area contributed by atoms with Gasteiger partial charge in [-0.15, -0.1) is 0 Å². The van der Waals surface area contributed by atoms with Crippen molar-refractivity contribution >= 4 is 22.9 Å². The van der Waals surface area contributed by atoms with Crippen molar-refractivity contribution in [2.75, 3.05) is 38.6 Å². The summed E-state index contributed by atoms with van der Waals surface area (Å²) < 4.78 is 5.24. The molecule has 0 aromatic heterocycles. The van der Waals surface area contributed by atoms with E-state index in [1.54, 1.807) is 4.90 Å². The Balaban J connectivity index is 1.58. The quantitative estimate of drug-likeness (QED) is 0.788. The van der Waals surface area contributed by atoms with Crippen LogP contribution in [0.2, 0.25) is 0 Å². The number of thioether (sulfide) groups is 1.